The third-order valence-electron chi connectivity index (χ3n) is 3.94. The van der Waals surface area contributed by atoms with Gasteiger partial charge >= 0.3 is 6.61 Å². The van der Waals surface area contributed by atoms with Crippen LogP contribution in [0.4, 0.5) is 13.9 Å². The summed E-state index contributed by atoms with van der Waals surface area (Å²) in [5.74, 6) is -0.830. The molecular formula is C21H18F2N2O4S. The van der Waals surface area contributed by atoms with E-state index in [0.29, 0.717) is 10.6 Å². The van der Waals surface area contributed by atoms with Crippen molar-refractivity contribution in [2.24, 2.45) is 0 Å². The van der Waals surface area contributed by atoms with Crippen LogP contribution in [-0.4, -0.2) is 29.9 Å². The Bertz CT molecular complexity index is 1050. The van der Waals surface area contributed by atoms with Crippen LogP contribution in [-0.2, 0) is 0 Å². The Labute approximate surface area is 175 Å². The Hall–Kier alpha value is -3.33. The molecule has 0 aliphatic heterocycles. The fourth-order valence-electron chi connectivity index (χ4n) is 2.68. The Morgan fingerprint density at radius 1 is 1.13 bits per heavy atom. The van der Waals surface area contributed by atoms with Crippen molar-refractivity contribution in [3.05, 3.63) is 59.0 Å². The van der Waals surface area contributed by atoms with E-state index in [1.807, 2.05) is 30.3 Å². The highest BCUT2D eigenvalue weighted by atomic mass is 32.1. The maximum atomic E-state index is 12.7. The topological polar surface area (TPSA) is 77.5 Å². The second kappa shape index (κ2) is 9.45. The zero-order valence-electron chi connectivity index (χ0n) is 16.1. The number of aromatic nitrogens is 1. The fraction of sp³-hybridized carbons (Fsp3) is 0.190. The van der Waals surface area contributed by atoms with E-state index in [0.717, 1.165) is 16.9 Å². The number of hydrogen-bond donors (Lipinski definition) is 1. The lowest BCUT2D eigenvalue weighted by atomic mass is 10.1. The molecule has 0 aliphatic rings. The number of nitrogens with one attached hydrogen (secondary N) is 1. The van der Waals surface area contributed by atoms with E-state index in [4.69, 9.17) is 4.74 Å². The average Bonchev–Trinajstić information content (AvgIpc) is 3.14. The summed E-state index contributed by atoms with van der Waals surface area (Å²) in [4.78, 5) is 29.5. The predicted molar refractivity (Wildman–Crippen MR) is 110 cm³/mol. The first-order valence-corrected chi connectivity index (χ1v) is 9.81. The van der Waals surface area contributed by atoms with Crippen LogP contribution < -0.4 is 14.8 Å². The van der Waals surface area contributed by atoms with Crippen molar-refractivity contribution < 1.29 is 27.8 Å². The van der Waals surface area contributed by atoms with E-state index < -0.39 is 12.5 Å². The van der Waals surface area contributed by atoms with E-state index in [1.165, 1.54) is 25.1 Å². The van der Waals surface area contributed by atoms with Crippen molar-refractivity contribution in [2.75, 3.05) is 11.9 Å². The SMILES string of the molecule is CCOc1cc(C(=O)Nc2nc(-c3ccccc3)c(C(C)=O)s2)ccc1OC(F)F. The summed E-state index contributed by atoms with van der Waals surface area (Å²) < 4.78 is 34.8. The van der Waals surface area contributed by atoms with Gasteiger partial charge in [-0.3, -0.25) is 14.9 Å². The molecule has 156 valence electrons. The molecule has 2 aromatic carbocycles. The minimum atomic E-state index is -3.01. The number of alkyl halides is 2. The number of amides is 1. The van der Waals surface area contributed by atoms with Crippen LogP contribution in [0.25, 0.3) is 11.3 Å². The number of thiazole rings is 1. The van der Waals surface area contributed by atoms with Crippen LogP contribution in [0.1, 0.15) is 33.9 Å². The molecule has 0 aliphatic carbocycles. The highest BCUT2D eigenvalue weighted by Gasteiger charge is 2.19. The summed E-state index contributed by atoms with van der Waals surface area (Å²) in [7, 11) is 0. The van der Waals surface area contributed by atoms with Gasteiger partial charge in [-0.25, -0.2) is 4.98 Å². The second-order valence-corrected chi connectivity index (χ2v) is 7.05. The number of nitrogens with zero attached hydrogens (tertiary/aromatic N) is 1. The number of carbonyl (C=O) groups is 2. The van der Waals surface area contributed by atoms with E-state index in [2.05, 4.69) is 15.0 Å². The number of Topliss-reactive ketones (excluding diaryl/α,β-unsaturated/α-hetero) is 1. The summed E-state index contributed by atoms with van der Waals surface area (Å²) in [6.45, 7) is 0.310. The third kappa shape index (κ3) is 4.98. The first-order valence-electron chi connectivity index (χ1n) is 8.99. The quantitative estimate of drug-likeness (QED) is 0.491. The van der Waals surface area contributed by atoms with Crippen molar-refractivity contribution in [3.63, 3.8) is 0 Å². The molecule has 3 rings (SSSR count). The molecular weight excluding hydrogens is 414 g/mol. The molecule has 0 saturated carbocycles. The van der Waals surface area contributed by atoms with Crippen LogP contribution in [0.3, 0.4) is 0 Å². The summed E-state index contributed by atoms with van der Waals surface area (Å²) in [6.07, 6.45) is 0. The first kappa shape index (κ1) is 21.4. The lowest BCUT2D eigenvalue weighted by Gasteiger charge is -2.12. The van der Waals surface area contributed by atoms with Gasteiger partial charge in [-0.2, -0.15) is 8.78 Å². The largest absolute Gasteiger partial charge is 0.490 e. The molecule has 1 amide bonds. The Kier molecular flexibility index (Phi) is 6.73. The summed E-state index contributed by atoms with van der Waals surface area (Å²) in [5.41, 5.74) is 1.41. The average molecular weight is 432 g/mol. The molecule has 30 heavy (non-hydrogen) atoms. The molecule has 0 atom stereocenters. The number of halogens is 2. The van der Waals surface area contributed by atoms with Crippen molar-refractivity contribution in [2.45, 2.75) is 20.5 Å². The summed E-state index contributed by atoms with van der Waals surface area (Å²) in [6, 6.07) is 13.0. The summed E-state index contributed by atoms with van der Waals surface area (Å²) in [5, 5.41) is 2.89. The van der Waals surface area contributed by atoms with Crippen LogP contribution in [0.15, 0.2) is 48.5 Å². The van der Waals surface area contributed by atoms with Crippen molar-refractivity contribution >= 4 is 28.2 Å². The maximum absolute atomic E-state index is 12.7. The Balaban J connectivity index is 1.87. The lowest BCUT2D eigenvalue weighted by molar-refractivity contribution is -0.0514. The van der Waals surface area contributed by atoms with E-state index >= 15 is 0 Å². The van der Waals surface area contributed by atoms with E-state index in [-0.39, 0.29) is 34.6 Å². The summed E-state index contributed by atoms with van der Waals surface area (Å²) >= 11 is 1.06. The Morgan fingerprint density at radius 3 is 2.50 bits per heavy atom. The zero-order chi connectivity index (χ0) is 21.7. The highest BCUT2D eigenvalue weighted by molar-refractivity contribution is 7.18. The molecule has 3 aromatic rings. The van der Waals surface area contributed by atoms with Crippen LogP contribution >= 0.6 is 11.3 Å². The van der Waals surface area contributed by atoms with Gasteiger partial charge in [0.2, 0.25) is 0 Å². The molecule has 1 aromatic heterocycles. The van der Waals surface area contributed by atoms with Gasteiger partial charge in [-0.1, -0.05) is 41.7 Å². The molecule has 6 nitrogen and oxygen atoms in total. The Morgan fingerprint density at radius 2 is 1.87 bits per heavy atom. The minimum Gasteiger partial charge on any atom is -0.490 e. The first-order chi connectivity index (χ1) is 14.4. The van der Waals surface area contributed by atoms with Crippen molar-refractivity contribution in [1.82, 2.24) is 4.98 Å². The molecule has 1 N–H and O–H groups in total. The molecule has 9 heteroatoms. The predicted octanol–water partition coefficient (Wildman–Crippen LogP) is 5.27. The van der Waals surface area contributed by atoms with Crippen LogP contribution in [0.2, 0.25) is 0 Å². The molecule has 0 fully saturated rings. The molecule has 0 saturated heterocycles. The van der Waals surface area contributed by atoms with Gasteiger partial charge in [0.15, 0.2) is 22.4 Å². The number of hydrogen-bond acceptors (Lipinski definition) is 6. The molecule has 0 unspecified atom stereocenters. The van der Waals surface area contributed by atoms with Crippen molar-refractivity contribution in [3.8, 4) is 22.8 Å². The number of rotatable bonds is 8. The number of benzene rings is 2. The molecule has 0 spiro atoms. The number of ketones is 1. The van der Waals surface area contributed by atoms with Crippen LogP contribution in [0, 0.1) is 0 Å². The van der Waals surface area contributed by atoms with E-state index in [1.54, 1.807) is 6.92 Å². The number of carbonyl (C=O) groups excluding carboxylic acids is 2. The van der Waals surface area contributed by atoms with Gasteiger partial charge in [0.05, 0.1) is 17.2 Å². The molecule has 0 bridgehead atoms. The highest BCUT2D eigenvalue weighted by Crippen LogP contribution is 2.33. The van der Waals surface area contributed by atoms with Crippen LogP contribution in [0.5, 0.6) is 11.5 Å². The normalized spacial score (nSPS) is 10.7. The standard InChI is InChI=1S/C21H18F2N2O4S/c1-3-28-16-11-14(9-10-15(16)29-20(22)23)19(27)25-21-24-17(18(30-21)12(2)26)13-7-5-4-6-8-13/h4-11,20H,3H2,1-2H3,(H,24,25,27). The van der Waals surface area contributed by atoms with Gasteiger partial charge in [0, 0.05) is 18.1 Å². The van der Waals surface area contributed by atoms with E-state index in [9.17, 15) is 18.4 Å². The van der Waals surface area contributed by atoms with Gasteiger partial charge in [-0.05, 0) is 25.1 Å². The third-order valence-corrected chi connectivity index (χ3v) is 5.01. The maximum Gasteiger partial charge on any atom is 0.387 e. The van der Waals surface area contributed by atoms with Gasteiger partial charge in [0.25, 0.3) is 5.91 Å². The molecule has 0 radical (unpaired) electrons. The molecule has 1 heterocycles. The smallest absolute Gasteiger partial charge is 0.387 e. The minimum absolute atomic E-state index is 0.0268. The van der Waals surface area contributed by atoms with Crippen molar-refractivity contribution in [1.29, 1.82) is 0 Å². The second-order valence-electron chi connectivity index (χ2n) is 6.05. The number of anilines is 1. The zero-order valence-corrected chi connectivity index (χ0v) is 17.0. The van der Waals surface area contributed by atoms with Gasteiger partial charge in [0.1, 0.15) is 0 Å². The fourth-order valence-corrected chi connectivity index (χ4v) is 3.56. The lowest BCUT2D eigenvalue weighted by Crippen LogP contribution is -2.12. The van der Waals surface area contributed by atoms with Gasteiger partial charge in [-0.15, -0.1) is 0 Å². The number of ether oxygens (including phenoxy) is 2. The van der Waals surface area contributed by atoms with Gasteiger partial charge < -0.3 is 9.47 Å². The monoisotopic (exact) mass is 432 g/mol.